The van der Waals surface area contributed by atoms with Crippen molar-refractivity contribution in [2.45, 2.75) is 58.0 Å². The van der Waals surface area contributed by atoms with Crippen LogP contribution in [-0.4, -0.2) is 36.6 Å². The molecular formula is C13H26N2. The van der Waals surface area contributed by atoms with E-state index in [9.17, 15) is 0 Å². The van der Waals surface area contributed by atoms with Crippen molar-refractivity contribution in [3.05, 3.63) is 0 Å². The number of hydrogen-bond acceptors (Lipinski definition) is 2. The third-order valence-corrected chi connectivity index (χ3v) is 4.46. The fourth-order valence-corrected chi connectivity index (χ4v) is 3.21. The lowest BCUT2D eigenvalue weighted by atomic mass is 9.83. The Morgan fingerprint density at radius 1 is 1.00 bits per heavy atom. The van der Waals surface area contributed by atoms with E-state index in [1.165, 1.54) is 51.7 Å². The molecule has 88 valence electrons. The van der Waals surface area contributed by atoms with Crippen molar-refractivity contribution < 1.29 is 0 Å². The third-order valence-electron chi connectivity index (χ3n) is 4.46. The lowest BCUT2D eigenvalue weighted by molar-refractivity contribution is 0.0685. The van der Waals surface area contributed by atoms with Gasteiger partial charge >= 0.3 is 0 Å². The van der Waals surface area contributed by atoms with E-state index in [4.69, 9.17) is 0 Å². The van der Waals surface area contributed by atoms with Gasteiger partial charge in [-0.2, -0.15) is 0 Å². The molecule has 0 amide bonds. The molecule has 0 radical (unpaired) electrons. The van der Waals surface area contributed by atoms with Gasteiger partial charge in [-0.15, -0.1) is 0 Å². The van der Waals surface area contributed by atoms with Gasteiger partial charge in [0.1, 0.15) is 0 Å². The van der Waals surface area contributed by atoms with Gasteiger partial charge in [-0.1, -0.05) is 20.3 Å². The molecule has 0 aromatic rings. The van der Waals surface area contributed by atoms with Crippen LogP contribution in [0.2, 0.25) is 0 Å². The Hall–Kier alpha value is -0.0800. The number of likely N-dealkylation sites (N-methyl/N-ethyl adjacent to an activating group) is 1. The molecule has 1 aliphatic heterocycles. The van der Waals surface area contributed by atoms with Crippen molar-refractivity contribution in [3.63, 3.8) is 0 Å². The van der Waals surface area contributed by atoms with Crippen molar-refractivity contribution in [2.75, 3.05) is 19.6 Å². The molecular weight excluding hydrogens is 184 g/mol. The average Bonchev–Trinajstić information content (AvgIpc) is 2.23. The topological polar surface area (TPSA) is 15.3 Å². The van der Waals surface area contributed by atoms with Crippen LogP contribution in [0.25, 0.3) is 0 Å². The van der Waals surface area contributed by atoms with Crippen LogP contribution in [0.1, 0.15) is 46.0 Å². The van der Waals surface area contributed by atoms with Crippen LogP contribution >= 0.6 is 0 Å². The Morgan fingerprint density at radius 3 is 2.07 bits per heavy atom. The fraction of sp³-hybridized carbons (Fsp3) is 1.00. The number of rotatable bonds is 4. The smallest absolute Gasteiger partial charge is 0.0348 e. The van der Waals surface area contributed by atoms with E-state index in [0.717, 1.165) is 18.0 Å². The number of nitrogens with one attached hydrogen (secondary N) is 1. The Bertz CT molecular complexity index is 181. The molecule has 0 aromatic carbocycles. The van der Waals surface area contributed by atoms with E-state index in [-0.39, 0.29) is 0 Å². The van der Waals surface area contributed by atoms with E-state index < -0.39 is 0 Å². The predicted octanol–water partition coefficient (Wildman–Crippen LogP) is 2.25. The second-order valence-corrected chi connectivity index (χ2v) is 5.23. The first-order valence-corrected chi connectivity index (χ1v) is 6.81. The molecule has 2 nitrogen and oxygen atoms in total. The van der Waals surface area contributed by atoms with Crippen LogP contribution in [0.15, 0.2) is 0 Å². The molecule has 1 aliphatic carbocycles. The SMILES string of the molecule is CCC1CCC(N(CC)C2CNC2)CC1. The van der Waals surface area contributed by atoms with E-state index in [2.05, 4.69) is 24.1 Å². The molecule has 1 heterocycles. The first-order chi connectivity index (χ1) is 7.35. The number of hydrogen-bond donors (Lipinski definition) is 1. The van der Waals surface area contributed by atoms with Gasteiger partial charge in [-0.3, -0.25) is 4.90 Å². The second kappa shape index (κ2) is 5.31. The first-order valence-electron chi connectivity index (χ1n) is 6.81. The van der Waals surface area contributed by atoms with Crippen molar-refractivity contribution >= 4 is 0 Å². The highest BCUT2D eigenvalue weighted by Crippen LogP contribution is 2.30. The second-order valence-electron chi connectivity index (χ2n) is 5.23. The van der Waals surface area contributed by atoms with Gasteiger partial charge in [0.2, 0.25) is 0 Å². The minimum Gasteiger partial charge on any atom is -0.314 e. The van der Waals surface area contributed by atoms with Crippen LogP contribution in [-0.2, 0) is 0 Å². The highest BCUT2D eigenvalue weighted by molar-refractivity contribution is 4.89. The van der Waals surface area contributed by atoms with Crippen LogP contribution < -0.4 is 5.32 Å². The van der Waals surface area contributed by atoms with Crippen molar-refractivity contribution in [1.82, 2.24) is 10.2 Å². The molecule has 0 bridgehead atoms. The lowest BCUT2D eigenvalue weighted by Gasteiger charge is -2.44. The summed E-state index contributed by atoms with van der Waals surface area (Å²) < 4.78 is 0. The van der Waals surface area contributed by atoms with Gasteiger partial charge in [0, 0.05) is 25.2 Å². The Kier molecular flexibility index (Phi) is 4.04. The molecule has 1 N–H and O–H groups in total. The third kappa shape index (κ3) is 2.54. The minimum absolute atomic E-state index is 0.846. The molecule has 2 fully saturated rings. The monoisotopic (exact) mass is 210 g/mol. The van der Waals surface area contributed by atoms with Gasteiger partial charge in [0.05, 0.1) is 0 Å². The molecule has 2 rings (SSSR count). The summed E-state index contributed by atoms with van der Waals surface area (Å²) in [5.74, 6) is 1.03. The lowest BCUT2D eigenvalue weighted by Crippen LogP contribution is -2.60. The Labute approximate surface area is 94.4 Å². The van der Waals surface area contributed by atoms with Gasteiger partial charge in [0.25, 0.3) is 0 Å². The Morgan fingerprint density at radius 2 is 1.67 bits per heavy atom. The summed E-state index contributed by atoms with van der Waals surface area (Å²) in [5.41, 5.74) is 0. The number of nitrogens with zero attached hydrogens (tertiary/aromatic N) is 1. The predicted molar refractivity (Wildman–Crippen MR) is 65.1 cm³/mol. The molecule has 2 aliphatic rings. The average molecular weight is 210 g/mol. The summed E-state index contributed by atoms with van der Waals surface area (Å²) in [6.07, 6.45) is 7.23. The quantitative estimate of drug-likeness (QED) is 0.765. The molecule has 1 saturated heterocycles. The molecule has 0 spiro atoms. The van der Waals surface area contributed by atoms with Crippen LogP contribution in [0, 0.1) is 5.92 Å². The molecule has 0 atom stereocenters. The maximum absolute atomic E-state index is 3.39. The van der Waals surface area contributed by atoms with Crippen LogP contribution in [0.3, 0.4) is 0 Å². The standard InChI is InChI=1S/C13H26N2/c1-3-11-5-7-12(8-6-11)15(4-2)13-9-14-10-13/h11-14H,3-10H2,1-2H3. The zero-order chi connectivity index (χ0) is 10.7. The van der Waals surface area contributed by atoms with E-state index in [1.54, 1.807) is 0 Å². The Balaban J connectivity index is 1.81. The van der Waals surface area contributed by atoms with Crippen molar-refractivity contribution in [1.29, 1.82) is 0 Å². The maximum Gasteiger partial charge on any atom is 0.0348 e. The molecule has 0 unspecified atom stereocenters. The summed E-state index contributed by atoms with van der Waals surface area (Å²) in [4.78, 5) is 2.75. The van der Waals surface area contributed by atoms with Gasteiger partial charge in [-0.25, -0.2) is 0 Å². The highest BCUT2D eigenvalue weighted by atomic mass is 15.2. The summed E-state index contributed by atoms with van der Waals surface area (Å²) >= 11 is 0. The molecule has 1 saturated carbocycles. The van der Waals surface area contributed by atoms with Crippen molar-refractivity contribution in [2.24, 2.45) is 5.92 Å². The summed E-state index contributed by atoms with van der Waals surface area (Å²) in [7, 11) is 0. The van der Waals surface area contributed by atoms with Crippen LogP contribution in [0.4, 0.5) is 0 Å². The van der Waals surface area contributed by atoms with Gasteiger partial charge in [0.15, 0.2) is 0 Å². The molecule has 15 heavy (non-hydrogen) atoms. The van der Waals surface area contributed by atoms with E-state index in [0.29, 0.717) is 0 Å². The summed E-state index contributed by atoms with van der Waals surface area (Å²) in [6, 6.07) is 1.74. The maximum atomic E-state index is 3.39. The molecule has 0 aromatic heterocycles. The van der Waals surface area contributed by atoms with Gasteiger partial charge in [-0.05, 0) is 38.1 Å². The van der Waals surface area contributed by atoms with E-state index >= 15 is 0 Å². The minimum atomic E-state index is 0.846. The van der Waals surface area contributed by atoms with Crippen LogP contribution in [0.5, 0.6) is 0 Å². The summed E-state index contributed by atoms with van der Waals surface area (Å²) in [6.45, 7) is 8.36. The highest BCUT2D eigenvalue weighted by Gasteiger charge is 2.31. The first kappa shape index (κ1) is 11.4. The fourth-order valence-electron chi connectivity index (χ4n) is 3.21. The van der Waals surface area contributed by atoms with Gasteiger partial charge < -0.3 is 5.32 Å². The summed E-state index contributed by atoms with van der Waals surface area (Å²) in [5, 5.41) is 3.39. The normalized spacial score (nSPS) is 33.0. The van der Waals surface area contributed by atoms with Crippen molar-refractivity contribution in [3.8, 4) is 0 Å². The zero-order valence-corrected chi connectivity index (χ0v) is 10.3. The molecule has 2 heteroatoms. The van der Waals surface area contributed by atoms with E-state index in [1.807, 2.05) is 0 Å². The largest absolute Gasteiger partial charge is 0.314 e. The zero-order valence-electron chi connectivity index (χ0n) is 10.3.